The van der Waals surface area contributed by atoms with Gasteiger partial charge in [0.25, 0.3) is 0 Å². The molecule has 0 aliphatic carbocycles. The third kappa shape index (κ3) is 5.82. The van der Waals surface area contributed by atoms with Gasteiger partial charge in [0.2, 0.25) is 5.91 Å². The van der Waals surface area contributed by atoms with E-state index in [9.17, 15) is 4.79 Å². The first-order chi connectivity index (χ1) is 3.63. The van der Waals surface area contributed by atoms with Gasteiger partial charge in [0.1, 0.15) is 0 Å². The first-order valence-corrected chi connectivity index (χ1v) is 3.07. The van der Waals surface area contributed by atoms with E-state index in [0.717, 1.165) is 0 Å². The van der Waals surface area contributed by atoms with Gasteiger partial charge in [-0.1, -0.05) is 6.92 Å². The van der Waals surface area contributed by atoms with Crippen molar-refractivity contribution >= 4 is 18.5 Å². The molecule has 0 heterocycles. The molecule has 1 unspecified atom stereocenters. The summed E-state index contributed by atoms with van der Waals surface area (Å²) in [5, 5.41) is 2.88. The smallest absolute Gasteiger partial charge is 0.216 e. The van der Waals surface area contributed by atoms with Crippen LogP contribution in [0.2, 0.25) is 0 Å². The fourth-order valence-electron chi connectivity index (χ4n) is 0.291. The number of carbonyl (C=O) groups excluding carboxylic acids is 1. The summed E-state index contributed by atoms with van der Waals surface area (Å²) in [5.41, 5.74) is 0. The number of thiol groups is 1. The highest BCUT2D eigenvalue weighted by Gasteiger charge is 1.93. The van der Waals surface area contributed by atoms with Crippen molar-refractivity contribution in [3.63, 3.8) is 0 Å². The second-order valence-electron chi connectivity index (χ2n) is 1.79. The van der Waals surface area contributed by atoms with Crippen molar-refractivity contribution in [1.82, 2.24) is 5.32 Å². The van der Waals surface area contributed by atoms with E-state index in [1.165, 1.54) is 6.92 Å². The molecule has 0 fully saturated rings. The van der Waals surface area contributed by atoms with Crippen LogP contribution in [0, 0.1) is 0 Å². The number of rotatable bonds is 2. The maximum Gasteiger partial charge on any atom is 0.216 e. The lowest BCUT2D eigenvalue weighted by atomic mass is 10.4. The molecule has 0 aromatic rings. The minimum atomic E-state index is 0.00546. The van der Waals surface area contributed by atoms with Gasteiger partial charge >= 0.3 is 0 Å². The molecule has 0 rings (SSSR count). The lowest BCUT2D eigenvalue weighted by molar-refractivity contribution is -0.118. The summed E-state index contributed by atoms with van der Waals surface area (Å²) in [6.07, 6.45) is 0. The lowest BCUT2D eigenvalue weighted by Crippen LogP contribution is -2.25. The van der Waals surface area contributed by atoms with Crippen molar-refractivity contribution in [2.45, 2.75) is 19.1 Å². The fraction of sp³-hybridized carbons (Fsp3) is 0.800. The van der Waals surface area contributed by atoms with Crippen molar-refractivity contribution < 1.29 is 4.79 Å². The van der Waals surface area contributed by atoms with Crippen LogP contribution in [0.15, 0.2) is 0 Å². The SMILES string of the molecule is CC(=O)NCC(C)S. The molecule has 0 aromatic heterocycles. The van der Waals surface area contributed by atoms with Crippen LogP contribution in [0.5, 0.6) is 0 Å². The Bertz CT molecular complexity index is 82.5. The predicted octanol–water partition coefficient (Wildman–Crippen LogP) is 0.441. The number of nitrogens with one attached hydrogen (secondary N) is 1. The summed E-state index contributed by atoms with van der Waals surface area (Å²) in [7, 11) is 0. The lowest BCUT2D eigenvalue weighted by Gasteiger charge is -2.02. The van der Waals surface area contributed by atoms with Gasteiger partial charge < -0.3 is 5.32 Å². The summed E-state index contributed by atoms with van der Waals surface area (Å²) in [5.74, 6) is 0.00546. The zero-order valence-electron chi connectivity index (χ0n) is 5.14. The zero-order valence-corrected chi connectivity index (χ0v) is 6.03. The van der Waals surface area contributed by atoms with Crippen molar-refractivity contribution in [3.05, 3.63) is 0 Å². The normalized spacial score (nSPS) is 12.9. The summed E-state index contributed by atoms with van der Waals surface area (Å²) in [6, 6.07) is 0. The van der Waals surface area contributed by atoms with Crippen LogP contribution in [0.4, 0.5) is 0 Å². The van der Waals surface area contributed by atoms with Crippen LogP contribution in [-0.4, -0.2) is 17.7 Å². The topological polar surface area (TPSA) is 29.1 Å². The molecule has 0 aliphatic heterocycles. The standard InChI is InChI=1S/C5H11NOS/c1-4(8)3-6-5(2)7/h4,8H,3H2,1-2H3,(H,6,7). The van der Waals surface area contributed by atoms with E-state index in [2.05, 4.69) is 17.9 Å². The summed E-state index contributed by atoms with van der Waals surface area (Å²) in [4.78, 5) is 10.2. The average molecular weight is 133 g/mol. The summed E-state index contributed by atoms with van der Waals surface area (Å²) < 4.78 is 0. The molecule has 1 amide bonds. The maximum atomic E-state index is 10.2. The molecule has 0 radical (unpaired) electrons. The Balaban J connectivity index is 3.05. The van der Waals surface area contributed by atoms with E-state index in [1.54, 1.807) is 0 Å². The molecule has 0 aromatic carbocycles. The van der Waals surface area contributed by atoms with Gasteiger partial charge in [0.15, 0.2) is 0 Å². The second kappa shape index (κ2) is 3.78. The molecule has 48 valence electrons. The highest BCUT2D eigenvalue weighted by molar-refractivity contribution is 7.80. The molecule has 0 saturated heterocycles. The summed E-state index contributed by atoms with van der Waals surface area (Å²) >= 11 is 4.06. The molecule has 1 N–H and O–H groups in total. The Morgan fingerprint density at radius 3 is 2.50 bits per heavy atom. The number of hydrogen-bond acceptors (Lipinski definition) is 2. The van der Waals surface area contributed by atoms with Gasteiger partial charge in [0.05, 0.1) is 0 Å². The van der Waals surface area contributed by atoms with E-state index in [1.807, 2.05) is 6.92 Å². The molecule has 3 heteroatoms. The van der Waals surface area contributed by atoms with Crippen LogP contribution in [-0.2, 0) is 4.79 Å². The number of hydrogen-bond donors (Lipinski definition) is 2. The van der Waals surface area contributed by atoms with Crippen molar-refractivity contribution in [1.29, 1.82) is 0 Å². The third-order valence-corrected chi connectivity index (χ3v) is 0.829. The molecule has 0 aliphatic rings. The molecular formula is C5H11NOS. The van der Waals surface area contributed by atoms with E-state index < -0.39 is 0 Å². The van der Waals surface area contributed by atoms with E-state index in [4.69, 9.17) is 0 Å². The molecule has 0 saturated carbocycles. The van der Waals surface area contributed by atoms with Crippen molar-refractivity contribution in [3.8, 4) is 0 Å². The van der Waals surface area contributed by atoms with Gasteiger partial charge in [0, 0.05) is 18.7 Å². The molecule has 8 heavy (non-hydrogen) atoms. The van der Waals surface area contributed by atoms with Crippen LogP contribution < -0.4 is 5.32 Å². The number of carbonyl (C=O) groups is 1. The first kappa shape index (κ1) is 7.82. The van der Waals surface area contributed by atoms with Crippen molar-refractivity contribution in [2.24, 2.45) is 0 Å². The largest absolute Gasteiger partial charge is 0.355 e. The molecular weight excluding hydrogens is 122 g/mol. The monoisotopic (exact) mass is 133 g/mol. The molecule has 2 nitrogen and oxygen atoms in total. The number of amides is 1. The van der Waals surface area contributed by atoms with Crippen molar-refractivity contribution in [2.75, 3.05) is 6.54 Å². The Hall–Kier alpha value is -0.180. The van der Waals surface area contributed by atoms with Gasteiger partial charge in [-0.05, 0) is 0 Å². The first-order valence-electron chi connectivity index (χ1n) is 2.55. The molecule has 0 spiro atoms. The second-order valence-corrected chi connectivity index (χ2v) is 2.67. The van der Waals surface area contributed by atoms with E-state index in [-0.39, 0.29) is 11.2 Å². The Labute approximate surface area is 55.1 Å². The minimum Gasteiger partial charge on any atom is -0.355 e. The highest BCUT2D eigenvalue weighted by atomic mass is 32.1. The van der Waals surface area contributed by atoms with Crippen LogP contribution >= 0.6 is 12.6 Å². The molecule has 1 atom stereocenters. The van der Waals surface area contributed by atoms with Crippen LogP contribution in [0.1, 0.15) is 13.8 Å². The summed E-state index contributed by atoms with van der Waals surface area (Å²) in [6.45, 7) is 4.08. The predicted molar refractivity (Wildman–Crippen MR) is 37.1 cm³/mol. The molecule has 0 bridgehead atoms. The fourth-order valence-corrected chi connectivity index (χ4v) is 0.383. The highest BCUT2D eigenvalue weighted by Crippen LogP contribution is 1.87. The van der Waals surface area contributed by atoms with Gasteiger partial charge in [-0.15, -0.1) is 0 Å². The Morgan fingerprint density at radius 2 is 2.38 bits per heavy atom. The van der Waals surface area contributed by atoms with Gasteiger partial charge in [-0.3, -0.25) is 4.79 Å². The maximum absolute atomic E-state index is 10.2. The van der Waals surface area contributed by atoms with E-state index in [0.29, 0.717) is 6.54 Å². The minimum absolute atomic E-state index is 0.00546. The quantitative estimate of drug-likeness (QED) is 0.526. The van der Waals surface area contributed by atoms with Gasteiger partial charge in [-0.2, -0.15) is 12.6 Å². The zero-order chi connectivity index (χ0) is 6.57. The third-order valence-electron chi connectivity index (χ3n) is 0.646. The Kier molecular flexibility index (Phi) is 3.69. The van der Waals surface area contributed by atoms with E-state index >= 15 is 0 Å². The average Bonchev–Trinajstić information content (AvgIpc) is 1.61. The van der Waals surface area contributed by atoms with Gasteiger partial charge in [-0.25, -0.2) is 0 Å². The van der Waals surface area contributed by atoms with Crippen LogP contribution in [0.25, 0.3) is 0 Å². The Morgan fingerprint density at radius 1 is 1.88 bits per heavy atom. The van der Waals surface area contributed by atoms with Crippen LogP contribution in [0.3, 0.4) is 0 Å².